The third kappa shape index (κ3) is 4.31. The van der Waals surface area contributed by atoms with Gasteiger partial charge in [-0.1, -0.05) is 24.3 Å². The minimum Gasteiger partial charge on any atom is -0.486 e. The second kappa shape index (κ2) is 6.88. The first-order chi connectivity index (χ1) is 10.1. The van der Waals surface area contributed by atoms with Crippen LogP contribution in [0.1, 0.15) is 5.56 Å². The maximum absolute atomic E-state index is 13.5. The van der Waals surface area contributed by atoms with Crippen molar-refractivity contribution in [2.75, 3.05) is 25.6 Å². The van der Waals surface area contributed by atoms with Gasteiger partial charge >= 0.3 is 0 Å². The highest BCUT2D eigenvalue weighted by atomic mass is 19.1. The summed E-state index contributed by atoms with van der Waals surface area (Å²) in [5, 5.41) is 0. The van der Waals surface area contributed by atoms with Crippen molar-refractivity contribution >= 4 is 11.5 Å². The lowest BCUT2D eigenvalue weighted by atomic mass is 10.1. The van der Waals surface area contributed by atoms with Crippen molar-refractivity contribution in [1.82, 2.24) is 0 Å². The fourth-order valence-electron chi connectivity index (χ4n) is 1.92. The van der Waals surface area contributed by atoms with E-state index in [1.165, 1.54) is 6.07 Å². The van der Waals surface area contributed by atoms with Gasteiger partial charge in [-0.05, 0) is 23.8 Å². The maximum atomic E-state index is 13.5. The van der Waals surface area contributed by atoms with Crippen molar-refractivity contribution < 1.29 is 13.9 Å². The highest BCUT2D eigenvalue weighted by Gasteiger charge is 2.09. The number of Topliss-reactive ketones (excluding diaryl/α,β-unsaturated/α-hetero) is 1. The number of carbonyl (C=O) groups excluding carboxylic acids is 1. The van der Waals surface area contributed by atoms with Gasteiger partial charge in [0.2, 0.25) is 0 Å². The molecule has 4 heteroatoms. The molecule has 0 spiro atoms. The Labute approximate surface area is 124 Å². The summed E-state index contributed by atoms with van der Waals surface area (Å²) >= 11 is 0. The number of ether oxygens (including phenoxy) is 1. The smallest absolute Gasteiger partial charge is 0.174 e. The summed E-state index contributed by atoms with van der Waals surface area (Å²) in [6, 6.07) is 13.8. The number of benzene rings is 2. The molecule has 0 aliphatic rings. The lowest BCUT2D eigenvalue weighted by molar-refractivity contribution is -0.120. The molecule has 0 aliphatic carbocycles. The molecule has 110 valence electrons. The quantitative estimate of drug-likeness (QED) is 0.817. The van der Waals surface area contributed by atoms with Gasteiger partial charge in [0, 0.05) is 32.3 Å². The molecule has 0 fully saturated rings. The molecule has 0 unspecified atom stereocenters. The Balaban J connectivity index is 1.92. The fraction of sp³-hybridized carbons (Fsp3) is 0.235. The first-order valence-electron chi connectivity index (χ1n) is 6.71. The third-order valence-corrected chi connectivity index (χ3v) is 3.08. The molecule has 0 bridgehead atoms. The molecule has 0 atom stereocenters. The van der Waals surface area contributed by atoms with Gasteiger partial charge in [-0.2, -0.15) is 0 Å². The number of anilines is 1. The molecular weight excluding hydrogens is 269 g/mol. The lowest BCUT2D eigenvalue weighted by Crippen LogP contribution is -2.15. The fourth-order valence-corrected chi connectivity index (χ4v) is 1.92. The SMILES string of the molecule is CN(C)c1cccc(OCC(=O)Cc2ccccc2F)c1. The van der Waals surface area contributed by atoms with Crippen LogP contribution in [0.4, 0.5) is 10.1 Å². The Kier molecular flexibility index (Phi) is 4.93. The molecular formula is C17H18FNO2. The molecule has 0 amide bonds. The number of carbonyl (C=O) groups is 1. The van der Waals surface area contributed by atoms with Crippen LogP contribution < -0.4 is 9.64 Å². The van der Waals surface area contributed by atoms with E-state index in [1.807, 2.05) is 37.2 Å². The molecule has 3 nitrogen and oxygen atoms in total. The summed E-state index contributed by atoms with van der Waals surface area (Å²) < 4.78 is 18.9. The highest BCUT2D eigenvalue weighted by molar-refractivity contribution is 5.82. The number of halogens is 1. The first kappa shape index (κ1) is 15.0. The normalized spacial score (nSPS) is 10.2. The van der Waals surface area contributed by atoms with Gasteiger partial charge in [-0.15, -0.1) is 0 Å². The Bertz CT molecular complexity index is 626. The lowest BCUT2D eigenvalue weighted by Gasteiger charge is -2.13. The second-order valence-corrected chi connectivity index (χ2v) is 4.99. The first-order valence-corrected chi connectivity index (χ1v) is 6.71. The standard InChI is InChI=1S/C17H18FNO2/c1-19(2)14-7-5-8-16(11-14)21-12-15(20)10-13-6-3-4-9-17(13)18/h3-9,11H,10,12H2,1-2H3. The van der Waals surface area contributed by atoms with E-state index in [-0.39, 0.29) is 24.6 Å². The summed E-state index contributed by atoms with van der Waals surface area (Å²) in [6.45, 7) is -0.0643. The van der Waals surface area contributed by atoms with Gasteiger partial charge in [0.05, 0.1) is 0 Å². The summed E-state index contributed by atoms with van der Waals surface area (Å²) in [5.74, 6) is 0.110. The van der Waals surface area contributed by atoms with Crippen molar-refractivity contribution in [2.45, 2.75) is 6.42 Å². The van der Waals surface area contributed by atoms with Gasteiger partial charge in [-0.25, -0.2) is 4.39 Å². The van der Waals surface area contributed by atoms with Gasteiger partial charge in [0.1, 0.15) is 18.2 Å². The average Bonchev–Trinajstić information content (AvgIpc) is 2.48. The van der Waals surface area contributed by atoms with Crippen LogP contribution in [-0.4, -0.2) is 26.5 Å². The van der Waals surface area contributed by atoms with Crippen LogP contribution in [0.15, 0.2) is 48.5 Å². The van der Waals surface area contributed by atoms with Gasteiger partial charge in [0.25, 0.3) is 0 Å². The number of hydrogen-bond acceptors (Lipinski definition) is 3. The van der Waals surface area contributed by atoms with Gasteiger partial charge < -0.3 is 9.64 Å². The summed E-state index contributed by atoms with van der Waals surface area (Å²) in [4.78, 5) is 13.8. The largest absolute Gasteiger partial charge is 0.486 e. The molecule has 21 heavy (non-hydrogen) atoms. The zero-order chi connectivity index (χ0) is 15.2. The van der Waals surface area contributed by atoms with Crippen molar-refractivity contribution in [1.29, 1.82) is 0 Å². The number of hydrogen-bond donors (Lipinski definition) is 0. The Hall–Kier alpha value is -2.36. The molecule has 2 aromatic rings. The molecule has 0 heterocycles. The van der Waals surface area contributed by atoms with E-state index in [0.717, 1.165) is 5.69 Å². The zero-order valence-corrected chi connectivity index (χ0v) is 12.2. The third-order valence-electron chi connectivity index (χ3n) is 3.08. The molecule has 0 aliphatic heterocycles. The molecule has 0 saturated heterocycles. The molecule has 0 radical (unpaired) electrons. The van der Waals surface area contributed by atoms with Crippen LogP contribution in [0.5, 0.6) is 5.75 Å². The van der Waals surface area contributed by atoms with E-state index >= 15 is 0 Å². The number of ketones is 1. The van der Waals surface area contributed by atoms with Crippen molar-refractivity contribution in [3.8, 4) is 5.75 Å². The Morgan fingerprint density at radius 1 is 1.14 bits per heavy atom. The van der Waals surface area contributed by atoms with Gasteiger partial charge in [-0.3, -0.25) is 4.79 Å². The van der Waals surface area contributed by atoms with Crippen molar-refractivity contribution in [2.24, 2.45) is 0 Å². The predicted molar refractivity (Wildman–Crippen MR) is 81.4 cm³/mol. The number of rotatable bonds is 6. The van der Waals surface area contributed by atoms with Crippen LogP contribution in [-0.2, 0) is 11.2 Å². The molecule has 2 aromatic carbocycles. The van der Waals surface area contributed by atoms with Gasteiger partial charge in [0.15, 0.2) is 5.78 Å². The average molecular weight is 287 g/mol. The highest BCUT2D eigenvalue weighted by Crippen LogP contribution is 2.19. The summed E-state index contributed by atoms with van der Waals surface area (Å²) in [5.41, 5.74) is 1.39. The molecule has 0 aromatic heterocycles. The summed E-state index contributed by atoms with van der Waals surface area (Å²) in [7, 11) is 3.87. The van der Waals surface area contributed by atoms with Crippen molar-refractivity contribution in [3.63, 3.8) is 0 Å². The minimum atomic E-state index is -0.361. The van der Waals surface area contributed by atoms with E-state index in [0.29, 0.717) is 11.3 Å². The molecule has 0 N–H and O–H groups in total. The Morgan fingerprint density at radius 3 is 2.62 bits per heavy atom. The van der Waals surface area contributed by atoms with Crippen LogP contribution in [0.2, 0.25) is 0 Å². The van der Waals surface area contributed by atoms with Crippen LogP contribution in [0, 0.1) is 5.82 Å². The van der Waals surface area contributed by atoms with E-state index in [1.54, 1.807) is 24.3 Å². The number of nitrogens with zero attached hydrogens (tertiary/aromatic N) is 1. The van der Waals surface area contributed by atoms with Crippen LogP contribution in [0.25, 0.3) is 0 Å². The minimum absolute atomic E-state index is 0.0417. The van der Waals surface area contributed by atoms with E-state index in [9.17, 15) is 9.18 Å². The van der Waals surface area contributed by atoms with E-state index < -0.39 is 0 Å². The summed E-state index contributed by atoms with van der Waals surface area (Å²) in [6.07, 6.45) is 0.0417. The monoisotopic (exact) mass is 287 g/mol. The van der Waals surface area contributed by atoms with E-state index in [2.05, 4.69) is 0 Å². The van der Waals surface area contributed by atoms with E-state index in [4.69, 9.17) is 4.74 Å². The molecule has 0 saturated carbocycles. The van der Waals surface area contributed by atoms with Crippen LogP contribution in [0.3, 0.4) is 0 Å². The topological polar surface area (TPSA) is 29.5 Å². The maximum Gasteiger partial charge on any atom is 0.174 e. The molecule has 2 rings (SSSR count). The van der Waals surface area contributed by atoms with Crippen LogP contribution >= 0.6 is 0 Å². The second-order valence-electron chi connectivity index (χ2n) is 4.99. The van der Waals surface area contributed by atoms with Crippen molar-refractivity contribution in [3.05, 3.63) is 59.9 Å². The Morgan fingerprint density at radius 2 is 1.90 bits per heavy atom. The zero-order valence-electron chi connectivity index (χ0n) is 12.2. The predicted octanol–water partition coefficient (Wildman–Crippen LogP) is 3.08.